The Morgan fingerprint density at radius 2 is 1.69 bits per heavy atom. The number of nitrogens with zero attached hydrogens (tertiary/aromatic N) is 3. The molecule has 4 amide bonds. The lowest BCUT2D eigenvalue weighted by Gasteiger charge is -2.53. The van der Waals surface area contributed by atoms with Gasteiger partial charge in [0, 0.05) is 33.0 Å². The van der Waals surface area contributed by atoms with Crippen molar-refractivity contribution < 1.29 is 19.2 Å². The van der Waals surface area contributed by atoms with Crippen LogP contribution in [0.3, 0.4) is 0 Å². The molecule has 8 heteroatoms. The number of amides is 4. The molecule has 0 aliphatic carbocycles. The molecule has 0 radical (unpaired) electrons. The maximum Gasteiger partial charge on any atom is 0.246 e. The van der Waals surface area contributed by atoms with Gasteiger partial charge in [0.2, 0.25) is 23.6 Å². The van der Waals surface area contributed by atoms with E-state index in [1.165, 1.54) is 6.92 Å². The first-order chi connectivity index (χ1) is 13.5. The summed E-state index contributed by atoms with van der Waals surface area (Å²) in [5.41, 5.74) is 5.27. The fraction of sp³-hybridized carbons (Fsp3) is 0.810. The second-order valence-electron chi connectivity index (χ2n) is 9.20. The zero-order chi connectivity index (χ0) is 21.9. The first-order valence-corrected chi connectivity index (χ1v) is 10.7. The van der Waals surface area contributed by atoms with Crippen LogP contribution >= 0.6 is 0 Å². The van der Waals surface area contributed by atoms with E-state index in [-0.39, 0.29) is 42.5 Å². The molecule has 2 heterocycles. The first-order valence-electron chi connectivity index (χ1n) is 10.7. The molecule has 0 bridgehead atoms. The van der Waals surface area contributed by atoms with E-state index in [2.05, 4.69) is 13.8 Å². The summed E-state index contributed by atoms with van der Waals surface area (Å²) >= 11 is 0. The number of hydrogen-bond acceptors (Lipinski definition) is 4. The molecule has 29 heavy (non-hydrogen) atoms. The molecule has 8 nitrogen and oxygen atoms in total. The molecule has 0 aromatic rings. The number of primary amides is 1. The lowest BCUT2D eigenvalue weighted by atomic mass is 9.91. The zero-order valence-corrected chi connectivity index (χ0v) is 18.4. The minimum atomic E-state index is -0.735. The van der Waals surface area contributed by atoms with Crippen LogP contribution in [0.25, 0.3) is 0 Å². The fourth-order valence-electron chi connectivity index (χ4n) is 4.34. The summed E-state index contributed by atoms with van der Waals surface area (Å²) in [7, 11) is 0. The molecule has 0 unspecified atom stereocenters. The van der Waals surface area contributed by atoms with Crippen molar-refractivity contribution in [3.63, 3.8) is 0 Å². The Labute approximate surface area is 173 Å². The molecule has 0 aromatic carbocycles. The molecule has 2 rings (SSSR count). The molecule has 3 atom stereocenters. The second kappa shape index (κ2) is 9.59. The smallest absolute Gasteiger partial charge is 0.246 e. The van der Waals surface area contributed by atoms with Crippen LogP contribution in [0.2, 0.25) is 0 Å². The van der Waals surface area contributed by atoms with E-state index in [1.54, 1.807) is 9.80 Å². The van der Waals surface area contributed by atoms with Gasteiger partial charge in [-0.05, 0) is 31.1 Å². The van der Waals surface area contributed by atoms with Crippen LogP contribution in [-0.4, -0.2) is 76.1 Å². The Kier molecular flexibility index (Phi) is 7.66. The van der Waals surface area contributed by atoms with Crippen LogP contribution in [0, 0.1) is 11.8 Å². The van der Waals surface area contributed by atoms with Crippen molar-refractivity contribution in [2.24, 2.45) is 17.6 Å². The Hall–Kier alpha value is -2.12. The SMILES string of the molecule is CC(=O)N1C[C@H]2CN(CCC(C)C)C(=O)[C@H](CC(C)C)N2C(=O)[C@@H]1CCC(N)=O. The monoisotopic (exact) mass is 408 g/mol. The van der Waals surface area contributed by atoms with Gasteiger partial charge in [-0.25, -0.2) is 0 Å². The van der Waals surface area contributed by atoms with E-state index < -0.39 is 18.0 Å². The summed E-state index contributed by atoms with van der Waals surface area (Å²) in [6.07, 6.45) is 1.71. The van der Waals surface area contributed by atoms with Gasteiger partial charge in [0.15, 0.2) is 0 Å². The van der Waals surface area contributed by atoms with Gasteiger partial charge < -0.3 is 20.4 Å². The number of carbonyl (C=O) groups excluding carboxylic acids is 4. The highest BCUT2D eigenvalue weighted by molar-refractivity contribution is 5.94. The topological polar surface area (TPSA) is 104 Å². The van der Waals surface area contributed by atoms with E-state index in [0.29, 0.717) is 32.0 Å². The molecular weight excluding hydrogens is 372 g/mol. The van der Waals surface area contributed by atoms with Gasteiger partial charge in [-0.2, -0.15) is 0 Å². The lowest BCUT2D eigenvalue weighted by molar-refractivity contribution is -0.170. The second-order valence-corrected chi connectivity index (χ2v) is 9.20. The number of nitrogens with two attached hydrogens (primary N) is 1. The Bertz CT molecular complexity index is 649. The van der Waals surface area contributed by atoms with Gasteiger partial charge in [-0.15, -0.1) is 0 Å². The average molecular weight is 409 g/mol. The molecule has 2 aliphatic rings. The zero-order valence-electron chi connectivity index (χ0n) is 18.4. The largest absolute Gasteiger partial charge is 0.370 e. The third-order valence-electron chi connectivity index (χ3n) is 5.82. The van der Waals surface area contributed by atoms with Gasteiger partial charge in [0.25, 0.3) is 0 Å². The van der Waals surface area contributed by atoms with Crippen molar-refractivity contribution in [2.45, 2.75) is 78.4 Å². The molecular formula is C21H36N4O4. The van der Waals surface area contributed by atoms with Crippen LogP contribution in [0.5, 0.6) is 0 Å². The molecule has 0 saturated carbocycles. The number of fused-ring (bicyclic) bond motifs is 1. The number of carbonyl (C=O) groups is 4. The quantitative estimate of drug-likeness (QED) is 0.646. The van der Waals surface area contributed by atoms with E-state index in [1.807, 2.05) is 18.7 Å². The maximum atomic E-state index is 13.4. The Balaban J connectivity index is 2.32. The molecule has 2 aliphatic heterocycles. The molecule has 164 valence electrons. The van der Waals surface area contributed by atoms with E-state index >= 15 is 0 Å². The van der Waals surface area contributed by atoms with E-state index in [9.17, 15) is 19.2 Å². The molecule has 2 fully saturated rings. The third-order valence-corrected chi connectivity index (χ3v) is 5.82. The van der Waals surface area contributed by atoms with Gasteiger partial charge in [-0.1, -0.05) is 27.7 Å². The van der Waals surface area contributed by atoms with Gasteiger partial charge >= 0.3 is 0 Å². The normalized spacial score (nSPS) is 25.1. The van der Waals surface area contributed by atoms with Crippen LogP contribution in [0.15, 0.2) is 0 Å². The van der Waals surface area contributed by atoms with E-state index in [4.69, 9.17) is 5.73 Å². The molecule has 0 aromatic heterocycles. The molecule has 0 spiro atoms. The van der Waals surface area contributed by atoms with Crippen LogP contribution in [0.4, 0.5) is 0 Å². The van der Waals surface area contributed by atoms with Gasteiger partial charge in [0.05, 0.1) is 6.04 Å². The number of rotatable bonds is 8. The average Bonchev–Trinajstić information content (AvgIpc) is 2.60. The Morgan fingerprint density at radius 3 is 2.21 bits per heavy atom. The van der Waals surface area contributed by atoms with Crippen LogP contribution in [-0.2, 0) is 19.2 Å². The summed E-state index contributed by atoms with van der Waals surface area (Å²) in [5.74, 6) is -0.217. The van der Waals surface area contributed by atoms with Crippen LogP contribution < -0.4 is 5.73 Å². The first kappa shape index (κ1) is 23.2. The van der Waals surface area contributed by atoms with Crippen molar-refractivity contribution in [1.82, 2.24) is 14.7 Å². The summed E-state index contributed by atoms with van der Waals surface area (Å²) in [6, 6.07) is -1.47. The highest BCUT2D eigenvalue weighted by Crippen LogP contribution is 2.30. The van der Waals surface area contributed by atoms with Crippen molar-refractivity contribution in [3.05, 3.63) is 0 Å². The Morgan fingerprint density at radius 1 is 1.03 bits per heavy atom. The van der Waals surface area contributed by atoms with Crippen molar-refractivity contribution >= 4 is 23.6 Å². The lowest BCUT2D eigenvalue weighted by Crippen LogP contribution is -2.72. The highest BCUT2D eigenvalue weighted by atomic mass is 16.2. The summed E-state index contributed by atoms with van der Waals surface area (Å²) in [4.78, 5) is 55.3. The van der Waals surface area contributed by atoms with E-state index in [0.717, 1.165) is 6.42 Å². The molecule has 2 saturated heterocycles. The third kappa shape index (κ3) is 5.48. The predicted octanol–water partition coefficient (Wildman–Crippen LogP) is 0.983. The molecule has 2 N–H and O–H groups in total. The number of hydrogen-bond donors (Lipinski definition) is 1. The van der Waals surface area contributed by atoms with Crippen LogP contribution in [0.1, 0.15) is 60.3 Å². The summed E-state index contributed by atoms with van der Waals surface area (Å²) < 4.78 is 0. The highest BCUT2D eigenvalue weighted by Gasteiger charge is 2.50. The maximum absolute atomic E-state index is 13.4. The number of piperazine rings is 2. The van der Waals surface area contributed by atoms with Gasteiger partial charge in [-0.3, -0.25) is 19.2 Å². The summed E-state index contributed by atoms with van der Waals surface area (Å²) in [5, 5.41) is 0. The minimum absolute atomic E-state index is 0.00567. The minimum Gasteiger partial charge on any atom is -0.370 e. The standard InChI is InChI=1S/C21H36N4O4/c1-13(2)8-9-23-11-16-12-24(15(5)26)17(6-7-19(22)27)21(29)25(16)18(20(23)28)10-14(3)4/h13-14,16-18H,6-12H2,1-5H3,(H2,22,27)/t16-,17+,18+/m1/s1. The van der Waals surface area contributed by atoms with Crippen molar-refractivity contribution in [2.75, 3.05) is 19.6 Å². The fourth-order valence-corrected chi connectivity index (χ4v) is 4.34. The van der Waals surface area contributed by atoms with Crippen molar-refractivity contribution in [3.8, 4) is 0 Å². The predicted molar refractivity (Wildman–Crippen MR) is 110 cm³/mol. The van der Waals surface area contributed by atoms with Gasteiger partial charge in [0.1, 0.15) is 12.1 Å². The van der Waals surface area contributed by atoms with Crippen molar-refractivity contribution in [1.29, 1.82) is 0 Å². The summed E-state index contributed by atoms with van der Waals surface area (Å²) in [6.45, 7) is 11.2.